The molecule has 24 heavy (non-hydrogen) atoms. The van der Waals surface area contributed by atoms with E-state index in [1.165, 1.54) is 11.8 Å². The first-order valence-electron chi connectivity index (χ1n) is 7.74. The zero-order chi connectivity index (χ0) is 17.5. The van der Waals surface area contributed by atoms with Gasteiger partial charge in [0.05, 0.1) is 17.3 Å². The minimum absolute atomic E-state index is 0.0502. The molecule has 3 rings (SSSR count). The van der Waals surface area contributed by atoms with Crippen LogP contribution in [0.15, 0.2) is 15.8 Å². The van der Waals surface area contributed by atoms with Gasteiger partial charge in [-0.25, -0.2) is 13.4 Å². The first-order chi connectivity index (χ1) is 11.3. The maximum absolute atomic E-state index is 12.6. The number of aryl methyl sites for hydroxylation is 2. The molecular formula is C16H20N2O3S3. The van der Waals surface area contributed by atoms with Crippen LogP contribution >= 0.6 is 23.1 Å². The molecule has 1 aliphatic rings. The third-order valence-electron chi connectivity index (χ3n) is 4.28. The first kappa shape index (κ1) is 17.7. The summed E-state index contributed by atoms with van der Waals surface area (Å²) >= 11 is 3.00. The smallest absolute Gasteiger partial charge is 0.174 e. The predicted molar refractivity (Wildman–Crippen MR) is 98.1 cm³/mol. The Morgan fingerprint density at radius 1 is 1.42 bits per heavy atom. The second-order valence-corrected chi connectivity index (χ2v) is 10.5. The lowest BCUT2D eigenvalue weighted by Gasteiger charge is -2.16. The Balaban J connectivity index is 1.77. The zero-order valence-corrected chi connectivity index (χ0v) is 16.4. The molecule has 0 bridgehead atoms. The van der Waals surface area contributed by atoms with Crippen molar-refractivity contribution in [2.24, 2.45) is 0 Å². The maximum Gasteiger partial charge on any atom is 0.174 e. The Labute approximate surface area is 150 Å². The van der Waals surface area contributed by atoms with Gasteiger partial charge < -0.3 is 4.57 Å². The number of sulfone groups is 1. The van der Waals surface area contributed by atoms with Crippen molar-refractivity contribution in [2.45, 2.75) is 37.6 Å². The molecule has 0 saturated carbocycles. The minimum Gasteiger partial charge on any atom is -0.344 e. The lowest BCUT2D eigenvalue weighted by molar-refractivity contribution is 0.102. The summed E-state index contributed by atoms with van der Waals surface area (Å²) in [7, 11) is -2.95. The summed E-state index contributed by atoms with van der Waals surface area (Å²) < 4.78 is 26.4. The van der Waals surface area contributed by atoms with Crippen molar-refractivity contribution in [1.82, 2.24) is 9.55 Å². The topological polar surface area (TPSA) is 69.0 Å². The lowest BCUT2D eigenvalue weighted by Crippen LogP contribution is -2.14. The van der Waals surface area contributed by atoms with Crippen molar-refractivity contribution in [2.75, 3.05) is 17.3 Å². The van der Waals surface area contributed by atoms with Gasteiger partial charge in [-0.05, 0) is 33.3 Å². The number of hydrogen-bond acceptors (Lipinski definition) is 6. The normalized spacial score (nSPS) is 19.7. The molecule has 1 saturated heterocycles. The van der Waals surface area contributed by atoms with E-state index in [4.69, 9.17) is 0 Å². The van der Waals surface area contributed by atoms with Gasteiger partial charge in [-0.1, -0.05) is 11.8 Å². The van der Waals surface area contributed by atoms with Crippen LogP contribution in [0, 0.1) is 20.8 Å². The highest BCUT2D eigenvalue weighted by atomic mass is 32.2. The Bertz CT molecular complexity index is 881. The average molecular weight is 385 g/mol. The molecule has 0 amide bonds. The highest BCUT2D eigenvalue weighted by Gasteiger charge is 2.31. The molecule has 5 nitrogen and oxygen atoms in total. The van der Waals surface area contributed by atoms with Crippen LogP contribution in [0.4, 0.5) is 0 Å². The van der Waals surface area contributed by atoms with E-state index in [-0.39, 0.29) is 23.3 Å². The van der Waals surface area contributed by atoms with E-state index in [0.717, 1.165) is 21.4 Å². The maximum atomic E-state index is 12.6. The van der Waals surface area contributed by atoms with Gasteiger partial charge in [0.15, 0.2) is 20.0 Å². The van der Waals surface area contributed by atoms with Gasteiger partial charge >= 0.3 is 0 Å². The molecule has 0 unspecified atom stereocenters. The van der Waals surface area contributed by atoms with Gasteiger partial charge in [0.1, 0.15) is 0 Å². The van der Waals surface area contributed by atoms with Crippen molar-refractivity contribution in [3.8, 4) is 0 Å². The largest absolute Gasteiger partial charge is 0.344 e. The van der Waals surface area contributed by atoms with Gasteiger partial charge in [0.2, 0.25) is 0 Å². The third-order valence-corrected chi connectivity index (χ3v) is 8.17. The van der Waals surface area contributed by atoms with E-state index in [1.54, 1.807) is 11.3 Å². The molecule has 0 radical (unpaired) electrons. The molecule has 130 valence electrons. The molecule has 1 aliphatic heterocycles. The van der Waals surface area contributed by atoms with Crippen LogP contribution in [-0.4, -0.2) is 41.0 Å². The molecule has 2 aromatic rings. The van der Waals surface area contributed by atoms with E-state index in [0.29, 0.717) is 17.7 Å². The number of hydrogen-bond donors (Lipinski definition) is 0. The molecule has 0 spiro atoms. The van der Waals surface area contributed by atoms with Crippen molar-refractivity contribution in [3.05, 3.63) is 34.1 Å². The van der Waals surface area contributed by atoms with Gasteiger partial charge in [0, 0.05) is 34.1 Å². The van der Waals surface area contributed by atoms with E-state index in [9.17, 15) is 13.2 Å². The third kappa shape index (κ3) is 3.60. The number of rotatable bonds is 5. The van der Waals surface area contributed by atoms with Crippen LogP contribution < -0.4 is 0 Å². The van der Waals surface area contributed by atoms with Crippen LogP contribution in [0.1, 0.15) is 39.9 Å². The molecule has 0 N–H and O–H groups in total. The summed E-state index contributed by atoms with van der Waals surface area (Å²) in [6, 6.07) is 1.84. The fourth-order valence-corrected chi connectivity index (χ4v) is 6.64. The Kier molecular flexibility index (Phi) is 4.90. The molecule has 2 aromatic heterocycles. The summed E-state index contributed by atoms with van der Waals surface area (Å²) in [5.74, 6) is 0.815. The van der Waals surface area contributed by atoms with Crippen molar-refractivity contribution in [1.29, 1.82) is 0 Å². The SMILES string of the molecule is Cc1csc(SCC(=O)c2cc(C)n([C@H]3CCS(=O)(=O)C3)c2C)n1. The van der Waals surface area contributed by atoms with Crippen LogP contribution in [0.3, 0.4) is 0 Å². The molecular weight excluding hydrogens is 364 g/mol. The van der Waals surface area contributed by atoms with Crippen molar-refractivity contribution >= 4 is 38.7 Å². The summed E-state index contributed by atoms with van der Waals surface area (Å²) in [5, 5.41) is 1.97. The van der Waals surface area contributed by atoms with E-state index < -0.39 is 9.84 Å². The Morgan fingerprint density at radius 3 is 2.75 bits per heavy atom. The lowest BCUT2D eigenvalue weighted by atomic mass is 10.2. The molecule has 3 heterocycles. The van der Waals surface area contributed by atoms with Gasteiger partial charge in [-0.15, -0.1) is 11.3 Å². The highest BCUT2D eigenvalue weighted by Crippen LogP contribution is 2.30. The van der Waals surface area contributed by atoms with Gasteiger partial charge in [-0.2, -0.15) is 0 Å². The van der Waals surface area contributed by atoms with Crippen LogP contribution in [0.25, 0.3) is 0 Å². The number of nitrogens with zero attached hydrogens (tertiary/aromatic N) is 2. The predicted octanol–water partition coefficient (Wildman–Crippen LogP) is 3.20. The summed E-state index contributed by atoms with van der Waals surface area (Å²) in [4.78, 5) is 16.9. The Morgan fingerprint density at radius 2 is 2.17 bits per heavy atom. The molecule has 1 atom stereocenters. The number of ketones is 1. The average Bonchev–Trinajstić information content (AvgIpc) is 3.15. The fourth-order valence-electron chi connectivity index (χ4n) is 3.20. The second kappa shape index (κ2) is 6.65. The van der Waals surface area contributed by atoms with E-state index in [2.05, 4.69) is 4.98 Å². The molecule has 0 aromatic carbocycles. The molecule has 8 heteroatoms. The quantitative estimate of drug-likeness (QED) is 0.585. The Hall–Kier alpha value is -1.12. The van der Waals surface area contributed by atoms with Gasteiger partial charge in [-0.3, -0.25) is 4.79 Å². The summed E-state index contributed by atoms with van der Waals surface area (Å²) in [5.41, 5.74) is 3.48. The minimum atomic E-state index is -2.95. The van der Waals surface area contributed by atoms with Crippen LogP contribution in [-0.2, 0) is 9.84 Å². The second-order valence-electron chi connectivity index (χ2n) is 6.18. The van der Waals surface area contributed by atoms with Crippen molar-refractivity contribution < 1.29 is 13.2 Å². The monoisotopic (exact) mass is 384 g/mol. The van der Waals surface area contributed by atoms with Crippen LogP contribution in [0.5, 0.6) is 0 Å². The number of thioether (sulfide) groups is 1. The number of thiazole rings is 1. The number of aromatic nitrogens is 2. The van der Waals surface area contributed by atoms with Crippen molar-refractivity contribution in [3.63, 3.8) is 0 Å². The summed E-state index contributed by atoms with van der Waals surface area (Å²) in [6.45, 7) is 5.78. The first-order valence-corrected chi connectivity index (χ1v) is 11.4. The van der Waals surface area contributed by atoms with E-state index >= 15 is 0 Å². The molecule has 0 aliphatic carbocycles. The van der Waals surface area contributed by atoms with E-state index in [1.807, 2.05) is 36.8 Å². The summed E-state index contributed by atoms with van der Waals surface area (Å²) in [6.07, 6.45) is 0.624. The highest BCUT2D eigenvalue weighted by molar-refractivity contribution is 8.01. The number of carbonyl (C=O) groups excluding carboxylic acids is 1. The molecule has 1 fully saturated rings. The standard InChI is InChI=1S/C16H20N2O3S3/c1-10-7-22-16(17-10)23-8-15(19)14-6-11(2)18(12(14)3)13-4-5-24(20,21)9-13/h6-7,13H,4-5,8-9H2,1-3H3/t13-/m0/s1. The number of carbonyl (C=O) groups is 1. The fraction of sp³-hybridized carbons (Fsp3) is 0.500. The number of Topliss-reactive ketones (excluding diaryl/α,β-unsaturated/α-hetero) is 1. The van der Waals surface area contributed by atoms with Gasteiger partial charge in [0.25, 0.3) is 0 Å². The zero-order valence-electron chi connectivity index (χ0n) is 13.9. The van der Waals surface area contributed by atoms with Crippen LogP contribution in [0.2, 0.25) is 0 Å².